The van der Waals surface area contributed by atoms with Gasteiger partial charge in [0.15, 0.2) is 0 Å². The predicted molar refractivity (Wildman–Crippen MR) is 118 cm³/mol. The molecule has 0 saturated carbocycles. The van der Waals surface area contributed by atoms with Gasteiger partial charge in [0.1, 0.15) is 21.5 Å². The molecule has 1 N–H and O–H groups in total. The second-order valence-electron chi connectivity index (χ2n) is 8.58. The maximum Gasteiger partial charge on any atom is 0.149 e. The number of likely N-dealkylation sites (tertiary alicyclic amines) is 1. The van der Waals surface area contributed by atoms with Crippen molar-refractivity contribution in [2.75, 3.05) is 25.2 Å². The van der Waals surface area contributed by atoms with Crippen molar-refractivity contribution in [3.8, 4) is 0 Å². The minimum absolute atomic E-state index is 0.0884. The van der Waals surface area contributed by atoms with Crippen molar-refractivity contribution in [3.05, 3.63) is 38.3 Å². The van der Waals surface area contributed by atoms with E-state index in [2.05, 4.69) is 16.9 Å². The molecule has 0 aliphatic carbocycles. The second kappa shape index (κ2) is 8.18. The first-order valence-corrected chi connectivity index (χ1v) is 13.4. The number of aromatic nitrogens is 2. The summed E-state index contributed by atoms with van der Waals surface area (Å²) < 4.78 is 31.4. The molecule has 3 atom stereocenters. The van der Waals surface area contributed by atoms with E-state index in [0.717, 1.165) is 51.8 Å². The quantitative estimate of drug-likeness (QED) is 0.718. The van der Waals surface area contributed by atoms with E-state index in [1.165, 1.54) is 6.26 Å². The summed E-state index contributed by atoms with van der Waals surface area (Å²) in [7, 11) is -3.01. The predicted octanol–water partition coefficient (Wildman–Crippen LogP) is 2.89. The number of aliphatic hydroxyl groups excluding tert-OH is 1. The van der Waals surface area contributed by atoms with Crippen molar-refractivity contribution in [1.82, 2.24) is 14.7 Å². The van der Waals surface area contributed by atoms with Crippen molar-refractivity contribution in [2.24, 2.45) is 0 Å². The SMILES string of the molecule is Cc1c(Cl)sc2c1C(O)CO[C@@]21CCN(Cc2cnn(CCS(C)(=O)=O)c2)[C@@H](C)C1. The van der Waals surface area contributed by atoms with E-state index in [0.29, 0.717) is 13.2 Å². The summed E-state index contributed by atoms with van der Waals surface area (Å²) in [6, 6.07) is 0.280. The van der Waals surface area contributed by atoms with Crippen molar-refractivity contribution < 1.29 is 18.3 Å². The van der Waals surface area contributed by atoms with Crippen molar-refractivity contribution >= 4 is 32.8 Å². The van der Waals surface area contributed by atoms with Gasteiger partial charge in [0, 0.05) is 47.6 Å². The van der Waals surface area contributed by atoms with Crippen LogP contribution in [-0.2, 0) is 33.3 Å². The molecule has 166 valence electrons. The summed E-state index contributed by atoms with van der Waals surface area (Å²) in [5, 5.41) is 14.7. The van der Waals surface area contributed by atoms with Gasteiger partial charge in [0.25, 0.3) is 0 Å². The molecule has 30 heavy (non-hydrogen) atoms. The minimum atomic E-state index is -3.01. The highest BCUT2D eigenvalue weighted by Gasteiger charge is 2.47. The van der Waals surface area contributed by atoms with E-state index in [1.54, 1.807) is 16.0 Å². The Hall–Kier alpha value is -0.970. The van der Waals surface area contributed by atoms with Crippen LogP contribution in [-0.4, -0.2) is 59.4 Å². The average molecular weight is 474 g/mol. The van der Waals surface area contributed by atoms with Crippen LogP contribution < -0.4 is 0 Å². The Labute approximate surface area is 186 Å². The largest absolute Gasteiger partial charge is 0.386 e. The van der Waals surface area contributed by atoms with Crippen molar-refractivity contribution in [1.29, 1.82) is 0 Å². The molecule has 1 unspecified atom stereocenters. The van der Waals surface area contributed by atoms with Crippen molar-refractivity contribution in [3.63, 3.8) is 0 Å². The van der Waals surface area contributed by atoms with Crippen molar-refractivity contribution in [2.45, 2.75) is 57.5 Å². The van der Waals surface area contributed by atoms with Crippen LogP contribution in [0.15, 0.2) is 12.4 Å². The molecule has 0 bridgehead atoms. The normalized spacial score (nSPS) is 27.5. The van der Waals surface area contributed by atoms with E-state index < -0.39 is 15.9 Å². The number of aryl methyl sites for hydroxylation is 1. The summed E-state index contributed by atoms with van der Waals surface area (Å²) in [6.45, 7) is 6.47. The summed E-state index contributed by atoms with van der Waals surface area (Å²) in [5.74, 6) is 0.0884. The Morgan fingerprint density at radius 1 is 1.47 bits per heavy atom. The van der Waals surface area contributed by atoms with Crippen LogP contribution in [0, 0.1) is 6.92 Å². The monoisotopic (exact) mass is 473 g/mol. The Morgan fingerprint density at radius 2 is 2.23 bits per heavy atom. The molecular weight excluding hydrogens is 446 g/mol. The van der Waals surface area contributed by atoms with E-state index in [4.69, 9.17) is 16.3 Å². The molecule has 2 aromatic heterocycles. The molecule has 2 aliphatic heterocycles. The van der Waals surface area contributed by atoms with Crippen LogP contribution in [0.4, 0.5) is 0 Å². The van der Waals surface area contributed by atoms with Gasteiger partial charge >= 0.3 is 0 Å². The van der Waals surface area contributed by atoms with Gasteiger partial charge in [-0.1, -0.05) is 11.6 Å². The molecule has 0 amide bonds. The third kappa shape index (κ3) is 4.33. The van der Waals surface area contributed by atoms with E-state index in [1.807, 2.05) is 19.3 Å². The molecule has 2 aliphatic rings. The fraction of sp³-hybridized carbons (Fsp3) is 0.650. The molecule has 4 heterocycles. The number of rotatable bonds is 5. The van der Waals surface area contributed by atoms with Crippen LogP contribution in [0.2, 0.25) is 4.34 Å². The number of ether oxygens (including phenoxy) is 1. The van der Waals surface area contributed by atoms with Crippen LogP contribution in [0.5, 0.6) is 0 Å². The Balaban J connectivity index is 1.45. The molecular formula is C20H28ClN3O4S2. The fourth-order valence-corrected chi connectivity index (χ4v) is 6.68. The highest BCUT2D eigenvalue weighted by Crippen LogP contribution is 2.51. The Bertz CT molecular complexity index is 1040. The molecule has 1 fully saturated rings. The highest BCUT2D eigenvalue weighted by atomic mass is 35.5. The van der Waals surface area contributed by atoms with Crippen LogP contribution in [0.1, 0.15) is 47.4 Å². The summed E-state index contributed by atoms with van der Waals surface area (Å²) >= 11 is 7.95. The average Bonchev–Trinajstić information content (AvgIpc) is 3.24. The van der Waals surface area contributed by atoms with E-state index in [9.17, 15) is 13.5 Å². The lowest BCUT2D eigenvalue weighted by molar-refractivity contribution is -0.139. The lowest BCUT2D eigenvalue weighted by Crippen LogP contribution is -2.50. The Kier molecular flexibility index (Phi) is 6.06. The first kappa shape index (κ1) is 22.2. The highest BCUT2D eigenvalue weighted by molar-refractivity contribution is 7.90. The zero-order valence-electron chi connectivity index (χ0n) is 17.5. The first-order chi connectivity index (χ1) is 14.1. The number of hydrogen-bond acceptors (Lipinski definition) is 7. The topological polar surface area (TPSA) is 84.7 Å². The molecule has 0 radical (unpaired) electrons. The number of aliphatic hydroxyl groups is 1. The molecule has 10 heteroatoms. The van der Waals surface area contributed by atoms with Gasteiger partial charge in [0.2, 0.25) is 0 Å². The second-order valence-corrected chi connectivity index (χ2v) is 12.5. The van der Waals surface area contributed by atoms with Gasteiger partial charge in [-0.3, -0.25) is 9.58 Å². The van der Waals surface area contributed by atoms with Gasteiger partial charge in [0.05, 0.1) is 29.4 Å². The van der Waals surface area contributed by atoms with Crippen LogP contribution in [0.3, 0.4) is 0 Å². The smallest absolute Gasteiger partial charge is 0.149 e. The number of piperidine rings is 1. The number of fused-ring (bicyclic) bond motifs is 2. The molecule has 2 aromatic rings. The van der Waals surface area contributed by atoms with Gasteiger partial charge < -0.3 is 9.84 Å². The van der Waals surface area contributed by atoms with Gasteiger partial charge in [-0.25, -0.2) is 8.42 Å². The number of nitrogens with zero attached hydrogens (tertiary/aromatic N) is 3. The number of sulfone groups is 1. The van der Waals surface area contributed by atoms with E-state index in [-0.39, 0.29) is 17.4 Å². The third-order valence-electron chi connectivity index (χ3n) is 6.21. The summed E-state index contributed by atoms with van der Waals surface area (Å²) in [4.78, 5) is 3.49. The van der Waals surface area contributed by atoms with Crippen LogP contribution >= 0.6 is 22.9 Å². The number of halogens is 1. The summed E-state index contributed by atoms with van der Waals surface area (Å²) in [6.07, 6.45) is 6.05. The van der Waals surface area contributed by atoms with Gasteiger partial charge in [-0.15, -0.1) is 11.3 Å². The lowest BCUT2D eigenvalue weighted by Gasteiger charge is -2.47. The van der Waals surface area contributed by atoms with E-state index >= 15 is 0 Å². The first-order valence-electron chi connectivity index (χ1n) is 10.1. The number of thiophene rings is 1. The van der Waals surface area contributed by atoms with Gasteiger partial charge in [-0.05, 0) is 32.3 Å². The Morgan fingerprint density at radius 3 is 2.93 bits per heavy atom. The maximum atomic E-state index is 11.4. The fourth-order valence-electron chi connectivity index (χ4n) is 4.55. The zero-order valence-corrected chi connectivity index (χ0v) is 19.9. The lowest BCUT2D eigenvalue weighted by atomic mass is 9.81. The van der Waals surface area contributed by atoms with Gasteiger partial charge in [-0.2, -0.15) is 5.10 Å². The number of hydrogen-bond donors (Lipinski definition) is 1. The molecule has 7 nitrogen and oxygen atoms in total. The third-order valence-corrected chi connectivity index (χ3v) is 8.94. The zero-order chi connectivity index (χ0) is 21.7. The summed E-state index contributed by atoms with van der Waals surface area (Å²) in [5.41, 5.74) is 2.63. The molecule has 1 spiro atoms. The molecule has 4 rings (SSSR count). The maximum absolute atomic E-state index is 11.4. The van der Waals surface area contributed by atoms with Crippen LogP contribution in [0.25, 0.3) is 0 Å². The minimum Gasteiger partial charge on any atom is -0.386 e. The standard InChI is InChI=1S/C20H28ClN3O4S2/c1-13-8-20(18-17(16(25)12-28-20)14(2)19(21)29-18)4-5-23(13)10-15-9-22-24(11-15)6-7-30(3,26)27/h9,11,13,16,25H,4-8,10,12H2,1-3H3/t13-,16?,20+/m0/s1. The molecule has 1 saturated heterocycles. The molecule has 0 aromatic carbocycles.